The fourth-order valence-corrected chi connectivity index (χ4v) is 3.52. The maximum absolute atomic E-state index is 9.96. The van der Waals surface area contributed by atoms with Gasteiger partial charge in [0.1, 0.15) is 0 Å². The van der Waals surface area contributed by atoms with Crippen LogP contribution in [0.1, 0.15) is 38.7 Å². The molecule has 1 atom stereocenters. The third-order valence-electron chi connectivity index (χ3n) is 4.26. The summed E-state index contributed by atoms with van der Waals surface area (Å²) in [6.45, 7) is 8.93. The minimum Gasteiger partial charge on any atom is -0.504 e. The van der Waals surface area contributed by atoms with Gasteiger partial charge >= 0.3 is 0 Å². The molecule has 1 aromatic carbocycles. The van der Waals surface area contributed by atoms with Gasteiger partial charge in [-0.15, -0.1) is 0 Å². The van der Waals surface area contributed by atoms with Gasteiger partial charge < -0.3 is 14.6 Å². The Balaban J connectivity index is 2.11. The monoisotopic (exact) mass is 440 g/mol. The molecule has 1 aliphatic heterocycles. The fourth-order valence-electron chi connectivity index (χ4n) is 2.90. The quantitative estimate of drug-likeness (QED) is 0.571. The Hall–Kier alpha value is -1.27. The SMILES string of the molecule is C=C(C)C1=CCOC1CC/C(=C/c1cc(I)c(O)c(OC)c1)CC. The summed E-state index contributed by atoms with van der Waals surface area (Å²) in [4.78, 5) is 0. The first-order valence-electron chi connectivity index (χ1n) is 8.19. The zero-order valence-corrected chi connectivity index (χ0v) is 16.7. The van der Waals surface area contributed by atoms with E-state index in [2.05, 4.69) is 48.2 Å². The average Bonchev–Trinajstić information content (AvgIpc) is 3.03. The number of allylic oxidation sites excluding steroid dienone is 1. The van der Waals surface area contributed by atoms with Gasteiger partial charge in [-0.2, -0.15) is 0 Å². The van der Waals surface area contributed by atoms with Crippen LogP contribution in [0.4, 0.5) is 0 Å². The van der Waals surface area contributed by atoms with Gasteiger partial charge in [0.15, 0.2) is 11.5 Å². The molecular weight excluding hydrogens is 415 g/mol. The molecule has 1 aliphatic rings. The lowest BCUT2D eigenvalue weighted by Gasteiger charge is -2.16. The molecule has 0 saturated carbocycles. The number of phenolic OH excluding ortho intramolecular Hbond substituents is 1. The van der Waals surface area contributed by atoms with Crippen molar-refractivity contribution < 1.29 is 14.6 Å². The first kappa shape index (κ1) is 19.1. The minimum absolute atomic E-state index is 0.159. The summed E-state index contributed by atoms with van der Waals surface area (Å²) in [5.41, 5.74) is 4.74. The molecule has 1 heterocycles. The highest BCUT2D eigenvalue weighted by atomic mass is 127. The first-order chi connectivity index (χ1) is 11.5. The van der Waals surface area contributed by atoms with Crippen LogP contribution in [0, 0.1) is 3.57 Å². The topological polar surface area (TPSA) is 38.7 Å². The highest BCUT2D eigenvalue weighted by molar-refractivity contribution is 14.1. The molecule has 1 unspecified atom stereocenters. The van der Waals surface area contributed by atoms with Crippen molar-refractivity contribution in [3.8, 4) is 11.5 Å². The van der Waals surface area contributed by atoms with Crippen molar-refractivity contribution in [3.63, 3.8) is 0 Å². The van der Waals surface area contributed by atoms with Crippen LogP contribution >= 0.6 is 22.6 Å². The second kappa shape index (κ2) is 8.72. The van der Waals surface area contributed by atoms with Crippen LogP contribution in [0.25, 0.3) is 6.08 Å². The molecule has 0 bridgehead atoms. The van der Waals surface area contributed by atoms with Gasteiger partial charge in [0.05, 0.1) is 23.4 Å². The molecular formula is C20H25IO3. The van der Waals surface area contributed by atoms with Gasteiger partial charge in [0, 0.05) is 0 Å². The number of phenols is 1. The molecule has 3 nitrogen and oxygen atoms in total. The number of benzene rings is 1. The summed E-state index contributed by atoms with van der Waals surface area (Å²) in [6.07, 6.45) is 7.40. The van der Waals surface area contributed by atoms with Crippen LogP contribution in [-0.4, -0.2) is 24.9 Å². The molecule has 130 valence electrons. The number of rotatable bonds is 7. The predicted molar refractivity (Wildman–Crippen MR) is 108 cm³/mol. The molecule has 2 rings (SSSR count). The predicted octanol–water partition coefficient (Wildman–Crippen LogP) is 5.48. The largest absolute Gasteiger partial charge is 0.504 e. The van der Waals surface area contributed by atoms with Crippen LogP contribution in [-0.2, 0) is 4.74 Å². The van der Waals surface area contributed by atoms with Crippen molar-refractivity contribution in [1.29, 1.82) is 0 Å². The maximum atomic E-state index is 9.96. The summed E-state index contributed by atoms with van der Waals surface area (Å²) >= 11 is 2.12. The zero-order chi connectivity index (χ0) is 17.7. The van der Waals surface area contributed by atoms with E-state index in [1.165, 1.54) is 11.1 Å². The number of hydrogen-bond donors (Lipinski definition) is 1. The van der Waals surface area contributed by atoms with Crippen molar-refractivity contribution in [2.75, 3.05) is 13.7 Å². The lowest BCUT2D eigenvalue weighted by Crippen LogP contribution is -2.11. The van der Waals surface area contributed by atoms with Crippen molar-refractivity contribution in [2.45, 2.75) is 39.2 Å². The molecule has 0 aliphatic carbocycles. The van der Waals surface area contributed by atoms with E-state index >= 15 is 0 Å². The average molecular weight is 440 g/mol. The molecule has 0 spiro atoms. The number of ether oxygens (including phenoxy) is 2. The van der Waals surface area contributed by atoms with E-state index in [0.717, 1.165) is 34.0 Å². The van der Waals surface area contributed by atoms with Crippen molar-refractivity contribution in [2.24, 2.45) is 0 Å². The molecule has 0 aromatic heterocycles. The van der Waals surface area contributed by atoms with Gasteiger partial charge in [-0.1, -0.05) is 36.8 Å². The second-order valence-corrected chi connectivity index (χ2v) is 7.17. The van der Waals surface area contributed by atoms with Gasteiger partial charge in [-0.3, -0.25) is 0 Å². The standard InChI is InChI=1S/C20H25IO3/c1-5-14(6-7-18-16(13(2)3)8-9-24-18)10-15-11-17(21)20(22)19(12-15)23-4/h8,10-12,18,22H,2,5-7,9H2,1,3-4H3/b14-10+. The van der Waals surface area contributed by atoms with E-state index in [1.54, 1.807) is 7.11 Å². The molecule has 4 heteroatoms. The highest BCUT2D eigenvalue weighted by Gasteiger charge is 2.20. The van der Waals surface area contributed by atoms with Gasteiger partial charge in [0.2, 0.25) is 0 Å². The van der Waals surface area contributed by atoms with E-state index in [1.807, 2.05) is 19.1 Å². The number of halogens is 1. The number of methoxy groups -OCH3 is 1. The molecule has 0 amide bonds. The van der Waals surface area contributed by atoms with Crippen LogP contribution < -0.4 is 4.74 Å². The molecule has 0 fully saturated rings. The smallest absolute Gasteiger partial charge is 0.171 e. The Labute approximate surface area is 158 Å². The van der Waals surface area contributed by atoms with Gasteiger partial charge in [0.25, 0.3) is 0 Å². The number of hydrogen-bond acceptors (Lipinski definition) is 3. The van der Waals surface area contributed by atoms with Crippen molar-refractivity contribution in [3.05, 3.63) is 50.6 Å². The Morgan fingerprint density at radius 1 is 1.50 bits per heavy atom. The van der Waals surface area contributed by atoms with E-state index in [-0.39, 0.29) is 11.9 Å². The molecule has 1 aromatic rings. The third kappa shape index (κ3) is 4.63. The van der Waals surface area contributed by atoms with Crippen LogP contribution in [0.2, 0.25) is 0 Å². The normalized spacial score (nSPS) is 17.8. The summed E-state index contributed by atoms with van der Waals surface area (Å²) in [6, 6.07) is 3.85. The van der Waals surface area contributed by atoms with Crippen LogP contribution in [0.5, 0.6) is 11.5 Å². The summed E-state index contributed by atoms with van der Waals surface area (Å²) in [7, 11) is 1.57. The van der Waals surface area contributed by atoms with Crippen LogP contribution in [0.15, 0.2) is 41.5 Å². The minimum atomic E-state index is 0.159. The van der Waals surface area contributed by atoms with E-state index in [0.29, 0.717) is 12.4 Å². The van der Waals surface area contributed by atoms with Crippen LogP contribution in [0.3, 0.4) is 0 Å². The lowest BCUT2D eigenvalue weighted by atomic mass is 9.96. The van der Waals surface area contributed by atoms with E-state index < -0.39 is 0 Å². The van der Waals surface area contributed by atoms with Gasteiger partial charge in [-0.05, 0) is 72.0 Å². The maximum Gasteiger partial charge on any atom is 0.171 e. The fraction of sp³-hybridized carbons (Fsp3) is 0.400. The van der Waals surface area contributed by atoms with E-state index in [4.69, 9.17) is 9.47 Å². The molecule has 0 saturated heterocycles. The summed E-state index contributed by atoms with van der Waals surface area (Å²) < 4.78 is 11.8. The molecule has 0 radical (unpaired) electrons. The van der Waals surface area contributed by atoms with Gasteiger partial charge in [-0.25, -0.2) is 0 Å². The van der Waals surface area contributed by atoms with Crippen molar-refractivity contribution in [1.82, 2.24) is 0 Å². The molecule has 1 N–H and O–H groups in total. The number of aromatic hydroxyl groups is 1. The van der Waals surface area contributed by atoms with Crippen molar-refractivity contribution >= 4 is 28.7 Å². The highest BCUT2D eigenvalue weighted by Crippen LogP contribution is 2.34. The second-order valence-electron chi connectivity index (χ2n) is 6.01. The Morgan fingerprint density at radius 3 is 2.88 bits per heavy atom. The zero-order valence-electron chi connectivity index (χ0n) is 14.6. The Morgan fingerprint density at radius 2 is 2.25 bits per heavy atom. The lowest BCUT2D eigenvalue weighted by molar-refractivity contribution is 0.116. The third-order valence-corrected chi connectivity index (χ3v) is 5.09. The Bertz CT molecular complexity index is 674. The summed E-state index contributed by atoms with van der Waals surface area (Å²) in [5, 5.41) is 9.96. The van der Waals surface area contributed by atoms with E-state index in [9.17, 15) is 5.11 Å². The summed E-state index contributed by atoms with van der Waals surface area (Å²) in [5.74, 6) is 0.708. The Kier molecular flexibility index (Phi) is 6.92. The first-order valence-corrected chi connectivity index (χ1v) is 9.27. The molecule has 24 heavy (non-hydrogen) atoms.